The van der Waals surface area contributed by atoms with Crippen LogP contribution in [0.15, 0.2) is 72.8 Å². The lowest BCUT2D eigenvalue weighted by Crippen LogP contribution is -2.29. The molecule has 7 nitrogen and oxygen atoms in total. The third-order valence-electron chi connectivity index (χ3n) is 6.47. The first-order chi connectivity index (χ1) is 18.5. The number of rotatable bonds is 6. The van der Waals surface area contributed by atoms with Crippen LogP contribution < -0.4 is 15.0 Å². The quantitative estimate of drug-likeness (QED) is 0.300. The first-order valence-corrected chi connectivity index (χ1v) is 13.3. The number of hydrogen-bond donors (Lipinski definition) is 2. The van der Waals surface area contributed by atoms with Gasteiger partial charge >= 0.3 is 11.9 Å². The molecule has 1 aliphatic rings. The fourth-order valence-electron chi connectivity index (χ4n) is 4.11. The molecule has 0 bridgehead atoms. The maximum atomic E-state index is 12.2. The number of amides is 1. The first kappa shape index (κ1) is 29.4. The third-order valence-corrected chi connectivity index (χ3v) is 6.47. The van der Waals surface area contributed by atoms with Gasteiger partial charge in [-0.05, 0) is 85.7 Å². The molecule has 0 aliphatic carbocycles. The summed E-state index contributed by atoms with van der Waals surface area (Å²) in [5.41, 5.74) is 4.56. The summed E-state index contributed by atoms with van der Waals surface area (Å²) in [6.45, 7) is 10.1. The Balaban J connectivity index is 0.000000224. The van der Waals surface area contributed by atoms with E-state index < -0.39 is 5.97 Å². The number of nitrogens with zero attached hydrogens (tertiary/aromatic N) is 1. The molecule has 2 N–H and O–H groups in total. The maximum Gasteiger partial charge on any atom is 0.343 e. The average molecular weight is 531 g/mol. The van der Waals surface area contributed by atoms with Gasteiger partial charge in [0.1, 0.15) is 12.3 Å². The van der Waals surface area contributed by atoms with E-state index in [1.807, 2.05) is 67.6 Å². The Bertz CT molecular complexity index is 1240. The number of carbonyl (C=O) groups is 3. The lowest BCUT2D eigenvalue weighted by Gasteiger charge is -2.28. The number of piperidine rings is 1. The molecule has 206 valence electrons. The topological polar surface area (TPSA) is 95.9 Å². The van der Waals surface area contributed by atoms with Crippen LogP contribution in [0, 0.1) is 6.92 Å². The van der Waals surface area contributed by atoms with Crippen molar-refractivity contribution < 1.29 is 24.2 Å². The number of carboxylic acids is 1. The van der Waals surface area contributed by atoms with Crippen LogP contribution in [0.1, 0.15) is 71.9 Å². The predicted octanol–water partition coefficient (Wildman–Crippen LogP) is 6.00. The van der Waals surface area contributed by atoms with Gasteiger partial charge in [0.15, 0.2) is 0 Å². The molecule has 1 aliphatic heterocycles. The molecule has 0 saturated carbocycles. The zero-order chi connectivity index (χ0) is 28.4. The second kappa shape index (κ2) is 13.6. The highest BCUT2D eigenvalue weighted by molar-refractivity contribution is 5.95. The molecule has 1 saturated heterocycles. The molecule has 0 aromatic heterocycles. The lowest BCUT2D eigenvalue weighted by molar-refractivity contribution is -0.135. The number of ether oxygens (including phenoxy) is 1. The fraction of sp³-hybridized carbons (Fsp3) is 0.344. The van der Waals surface area contributed by atoms with Crippen molar-refractivity contribution in [2.24, 2.45) is 0 Å². The predicted molar refractivity (Wildman–Crippen MR) is 154 cm³/mol. The zero-order valence-corrected chi connectivity index (χ0v) is 23.2. The Morgan fingerprint density at radius 1 is 0.821 bits per heavy atom. The number of aliphatic carboxylic acids is 1. The Kier molecular flexibility index (Phi) is 10.3. The van der Waals surface area contributed by atoms with E-state index in [0.29, 0.717) is 16.9 Å². The number of anilines is 1. The van der Waals surface area contributed by atoms with Crippen molar-refractivity contribution in [2.75, 3.05) is 24.5 Å². The summed E-state index contributed by atoms with van der Waals surface area (Å²) >= 11 is 0. The monoisotopic (exact) mass is 530 g/mol. The molecule has 0 unspecified atom stereocenters. The molecule has 0 atom stereocenters. The number of carbonyl (C=O) groups excluding carboxylic acids is 2. The fourth-order valence-corrected chi connectivity index (χ4v) is 4.11. The molecule has 7 heteroatoms. The van der Waals surface area contributed by atoms with Gasteiger partial charge in [-0.3, -0.25) is 9.59 Å². The molecule has 4 rings (SSSR count). The normalized spacial score (nSPS) is 13.1. The lowest BCUT2D eigenvalue weighted by atomic mass is 9.87. The van der Waals surface area contributed by atoms with E-state index >= 15 is 0 Å². The minimum absolute atomic E-state index is 0.0378. The maximum absolute atomic E-state index is 12.2. The Labute approximate surface area is 230 Å². The first-order valence-electron chi connectivity index (χ1n) is 13.3. The molecule has 1 heterocycles. The summed E-state index contributed by atoms with van der Waals surface area (Å²) in [5, 5.41) is 10.8. The minimum atomic E-state index is -1.05. The number of aryl methyl sites for hydroxylation is 1. The molecular weight excluding hydrogens is 492 g/mol. The smallest absolute Gasteiger partial charge is 0.343 e. The van der Waals surface area contributed by atoms with Crippen molar-refractivity contribution in [1.29, 1.82) is 0 Å². The standard InChI is InChI=1S/C19H21NO2.C13H17NO3/c1-15-5-11-18(12-6-15)22-19(21)16-7-9-17(10-8-16)20-13-3-2-4-14-20;1-13(2,3)10-6-4-9(5-7-10)12(17)14-8-11(15)16/h5-12H,2-4,13-14H2,1H3;4-7H,8H2,1-3H3,(H,14,17)(H,15,16). The Hall–Kier alpha value is -4.13. The SMILES string of the molecule is CC(C)(C)c1ccc(C(=O)NCC(=O)O)cc1.Cc1ccc(OC(=O)c2ccc(N3CCCCC3)cc2)cc1. The number of benzene rings is 3. The van der Waals surface area contributed by atoms with Crippen molar-refractivity contribution in [1.82, 2.24) is 5.32 Å². The largest absolute Gasteiger partial charge is 0.480 e. The molecule has 39 heavy (non-hydrogen) atoms. The molecule has 3 aromatic carbocycles. The second-order valence-electron chi connectivity index (χ2n) is 10.7. The van der Waals surface area contributed by atoms with Gasteiger partial charge in [0.25, 0.3) is 5.91 Å². The Morgan fingerprint density at radius 3 is 1.92 bits per heavy atom. The third kappa shape index (κ3) is 9.28. The van der Waals surface area contributed by atoms with Crippen LogP contribution >= 0.6 is 0 Å². The van der Waals surface area contributed by atoms with Crippen LogP contribution in [0.5, 0.6) is 5.75 Å². The van der Waals surface area contributed by atoms with Crippen LogP contribution in [-0.4, -0.2) is 42.6 Å². The van der Waals surface area contributed by atoms with E-state index in [4.69, 9.17) is 9.84 Å². The zero-order valence-electron chi connectivity index (χ0n) is 23.2. The van der Waals surface area contributed by atoms with Crippen molar-refractivity contribution in [3.8, 4) is 5.75 Å². The number of carboxylic acid groups (broad SMARTS) is 1. The number of hydrogen-bond acceptors (Lipinski definition) is 5. The van der Waals surface area contributed by atoms with E-state index in [1.54, 1.807) is 12.1 Å². The summed E-state index contributed by atoms with van der Waals surface area (Å²) in [6, 6.07) is 22.4. The van der Waals surface area contributed by atoms with Crippen LogP contribution in [0.4, 0.5) is 5.69 Å². The van der Waals surface area contributed by atoms with E-state index in [0.717, 1.165) is 24.2 Å². The number of nitrogens with one attached hydrogen (secondary N) is 1. The summed E-state index contributed by atoms with van der Waals surface area (Å²) < 4.78 is 5.39. The molecule has 1 fully saturated rings. The number of esters is 1. The molecular formula is C32H38N2O5. The molecule has 1 amide bonds. The van der Waals surface area contributed by atoms with Crippen molar-refractivity contribution in [3.63, 3.8) is 0 Å². The van der Waals surface area contributed by atoms with Gasteiger partial charge in [0.2, 0.25) is 0 Å². The van der Waals surface area contributed by atoms with Crippen molar-refractivity contribution in [3.05, 3.63) is 95.1 Å². The highest BCUT2D eigenvalue weighted by atomic mass is 16.5. The van der Waals surface area contributed by atoms with Gasteiger partial charge in [0, 0.05) is 24.3 Å². The van der Waals surface area contributed by atoms with Crippen LogP contribution in [0.25, 0.3) is 0 Å². The van der Waals surface area contributed by atoms with Crippen molar-refractivity contribution >= 4 is 23.5 Å². The summed E-state index contributed by atoms with van der Waals surface area (Å²) in [6.07, 6.45) is 3.81. The van der Waals surface area contributed by atoms with Crippen LogP contribution in [-0.2, 0) is 10.2 Å². The van der Waals surface area contributed by atoms with E-state index in [1.165, 1.54) is 24.9 Å². The molecule has 0 radical (unpaired) electrons. The average Bonchev–Trinajstić information content (AvgIpc) is 2.93. The Morgan fingerprint density at radius 2 is 1.38 bits per heavy atom. The summed E-state index contributed by atoms with van der Waals surface area (Å²) in [7, 11) is 0. The minimum Gasteiger partial charge on any atom is -0.480 e. The van der Waals surface area contributed by atoms with Gasteiger partial charge in [-0.25, -0.2) is 4.79 Å². The highest BCUT2D eigenvalue weighted by Gasteiger charge is 2.15. The summed E-state index contributed by atoms with van der Waals surface area (Å²) in [5.74, 6) is -1.15. The van der Waals surface area contributed by atoms with Crippen LogP contribution in [0.2, 0.25) is 0 Å². The summed E-state index contributed by atoms with van der Waals surface area (Å²) in [4.78, 5) is 36.4. The molecule has 0 spiro atoms. The van der Waals surface area contributed by atoms with Gasteiger partial charge in [-0.2, -0.15) is 0 Å². The van der Waals surface area contributed by atoms with E-state index in [9.17, 15) is 14.4 Å². The van der Waals surface area contributed by atoms with E-state index in [-0.39, 0.29) is 23.8 Å². The van der Waals surface area contributed by atoms with Gasteiger partial charge < -0.3 is 20.1 Å². The van der Waals surface area contributed by atoms with Gasteiger partial charge in [-0.15, -0.1) is 0 Å². The van der Waals surface area contributed by atoms with Gasteiger partial charge in [0.05, 0.1) is 5.56 Å². The van der Waals surface area contributed by atoms with Gasteiger partial charge in [-0.1, -0.05) is 50.6 Å². The van der Waals surface area contributed by atoms with Crippen LogP contribution in [0.3, 0.4) is 0 Å². The van der Waals surface area contributed by atoms with Crippen molar-refractivity contribution in [2.45, 2.75) is 52.4 Å². The molecule has 3 aromatic rings. The second-order valence-corrected chi connectivity index (χ2v) is 10.7. The van der Waals surface area contributed by atoms with E-state index in [2.05, 4.69) is 31.0 Å². The highest BCUT2D eigenvalue weighted by Crippen LogP contribution is 2.23.